The number of urea groups is 1. The minimum atomic E-state index is -0.726. The summed E-state index contributed by atoms with van der Waals surface area (Å²) in [6, 6.07) is 8.88. The first kappa shape index (κ1) is 19.6. The molecule has 0 bridgehead atoms. The first-order chi connectivity index (χ1) is 14.0. The number of nitrogens with one attached hydrogen (secondary N) is 1. The van der Waals surface area contributed by atoms with Gasteiger partial charge in [-0.25, -0.2) is 4.79 Å². The van der Waals surface area contributed by atoms with Crippen LogP contribution in [0, 0.1) is 5.92 Å². The van der Waals surface area contributed by atoms with Gasteiger partial charge in [-0.05, 0) is 25.7 Å². The van der Waals surface area contributed by atoms with Crippen molar-refractivity contribution in [3.63, 3.8) is 0 Å². The third kappa shape index (κ3) is 3.78. The van der Waals surface area contributed by atoms with Gasteiger partial charge in [-0.3, -0.25) is 19.3 Å². The second kappa shape index (κ2) is 7.97. The molecule has 154 valence electrons. The number of hydrogen-bond acceptors (Lipinski definition) is 4. The molecule has 0 atom stereocenters. The summed E-state index contributed by atoms with van der Waals surface area (Å²) >= 11 is 0. The maximum atomic E-state index is 12.7. The summed E-state index contributed by atoms with van der Waals surface area (Å²) < 4.78 is 0. The summed E-state index contributed by atoms with van der Waals surface area (Å²) in [6.45, 7) is 1.19. The molecule has 1 aliphatic carbocycles. The Morgan fingerprint density at radius 3 is 2.34 bits per heavy atom. The summed E-state index contributed by atoms with van der Waals surface area (Å²) in [7, 11) is 0. The Morgan fingerprint density at radius 1 is 1.03 bits per heavy atom. The van der Waals surface area contributed by atoms with Crippen molar-refractivity contribution in [1.82, 2.24) is 15.1 Å². The lowest BCUT2D eigenvalue weighted by Crippen LogP contribution is -2.44. The molecule has 1 aromatic rings. The Morgan fingerprint density at radius 2 is 1.69 bits per heavy atom. The third-order valence-electron chi connectivity index (χ3n) is 6.53. The maximum absolute atomic E-state index is 12.7. The van der Waals surface area contributed by atoms with Gasteiger partial charge in [0, 0.05) is 37.5 Å². The van der Waals surface area contributed by atoms with Gasteiger partial charge in [-0.15, -0.1) is 0 Å². The third-order valence-corrected chi connectivity index (χ3v) is 6.53. The van der Waals surface area contributed by atoms with Gasteiger partial charge >= 0.3 is 6.03 Å². The van der Waals surface area contributed by atoms with E-state index in [0.717, 1.165) is 18.4 Å². The zero-order chi connectivity index (χ0) is 20.4. The van der Waals surface area contributed by atoms with Crippen LogP contribution >= 0.6 is 0 Å². The van der Waals surface area contributed by atoms with Crippen molar-refractivity contribution in [1.29, 1.82) is 0 Å². The van der Waals surface area contributed by atoms with Crippen LogP contribution in [0.2, 0.25) is 0 Å². The van der Waals surface area contributed by atoms with E-state index < -0.39 is 5.54 Å². The van der Waals surface area contributed by atoms with Crippen molar-refractivity contribution in [2.75, 3.05) is 19.6 Å². The van der Waals surface area contributed by atoms with Gasteiger partial charge < -0.3 is 10.2 Å². The van der Waals surface area contributed by atoms with E-state index in [1.54, 1.807) is 4.90 Å². The largest absolute Gasteiger partial charge is 0.343 e. The monoisotopic (exact) mass is 397 g/mol. The normalized spacial score (nSPS) is 21.7. The summed E-state index contributed by atoms with van der Waals surface area (Å²) in [5, 5.41) is 2.84. The molecule has 1 N–H and O–H groups in total. The molecule has 2 heterocycles. The molecule has 0 radical (unpaired) electrons. The Bertz CT molecular complexity index is 809. The van der Waals surface area contributed by atoms with Gasteiger partial charge in [-0.1, -0.05) is 43.2 Å². The molecule has 0 unspecified atom stereocenters. The number of carbonyl (C=O) groups excluding carboxylic acids is 4. The molecule has 2 saturated heterocycles. The molecular formula is C22H27N3O4. The van der Waals surface area contributed by atoms with Crippen molar-refractivity contribution in [2.45, 2.75) is 50.5 Å². The number of nitrogens with zero attached hydrogens (tertiary/aromatic N) is 2. The lowest BCUT2D eigenvalue weighted by atomic mass is 9.89. The summed E-state index contributed by atoms with van der Waals surface area (Å²) in [5.41, 5.74) is -0.00677. The van der Waals surface area contributed by atoms with Gasteiger partial charge in [0.25, 0.3) is 5.91 Å². The predicted octanol–water partition coefficient (Wildman–Crippen LogP) is 2.36. The molecule has 7 nitrogen and oxygen atoms in total. The van der Waals surface area contributed by atoms with E-state index in [1.807, 2.05) is 30.3 Å². The molecule has 4 amide bonds. The van der Waals surface area contributed by atoms with Gasteiger partial charge in [-0.2, -0.15) is 0 Å². The van der Waals surface area contributed by atoms with E-state index in [9.17, 15) is 19.2 Å². The van der Waals surface area contributed by atoms with E-state index in [1.165, 1.54) is 4.90 Å². The second-order valence-corrected chi connectivity index (χ2v) is 8.31. The van der Waals surface area contributed by atoms with E-state index >= 15 is 0 Å². The molecule has 1 aromatic carbocycles. The molecule has 1 spiro atoms. The summed E-state index contributed by atoms with van der Waals surface area (Å²) in [6.07, 6.45) is 4.67. The number of carbonyl (C=O) groups is 4. The van der Waals surface area contributed by atoms with Crippen LogP contribution in [-0.2, 0) is 9.59 Å². The Hall–Kier alpha value is -2.70. The van der Waals surface area contributed by atoms with Crippen LogP contribution in [-0.4, -0.2) is 58.6 Å². The highest BCUT2D eigenvalue weighted by atomic mass is 16.2. The number of imide groups is 1. The lowest BCUT2D eigenvalue weighted by Gasteiger charge is -2.31. The molecule has 7 heteroatoms. The number of likely N-dealkylation sites (tertiary alicyclic amines) is 1. The molecule has 3 fully saturated rings. The number of piperidine rings is 1. The van der Waals surface area contributed by atoms with Crippen molar-refractivity contribution < 1.29 is 19.2 Å². The van der Waals surface area contributed by atoms with Crippen molar-refractivity contribution in [3.8, 4) is 0 Å². The quantitative estimate of drug-likeness (QED) is 0.610. The highest BCUT2D eigenvalue weighted by Crippen LogP contribution is 2.35. The van der Waals surface area contributed by atoms with Crippen LogP contribution in [0.25, 0.3) is 0 Å². The summed E-state index contributed by atoms with van der Waals surface area (Å²) in [4.78, 5) is 53.0. The minimum Gasteiger partial charge on any atom is -0.343 e. The molecule has 0 aromatic heterocycles. The van der Waals surface area contributed by atoms with E-state index in [-0.39, 0.29) is 42.5 Å². The van der Waals surface area contributed by atoms with Crippen molar-refractivity contribution >= 4 is 23.6 Å². The Labute approximate surface area is 170 Å². The fourth-order valence-corrected chi connectivity index (χ4v) is 4.79. The first-order valence-corrected chi connectivity index (χ1v) is 10.5. The molecule has 1 saturated carbocycles. The fourth-order valence-electron chi connectivity index (χ4n) is 4.79. The van der Waals surface area contributed by atoms with Crippen LogP contribution in [0.3, 0.4) is 0 Å². The van der Waals surface area contributed by atoms with Crippen molar-refractivity contribution in [2.24, 2.45) is 5.92 Å². The molecule has 4 rings (SSSR count). The number of amides is 4. The molecule has 29 heavy (non-hydrogen) atoms. The zero-order valence-corrected chi connectivity index (χ0v) is 16.6. The Kier molecular flexibility index (Phi) is 5.39. The number of hydrogen-bond donors (Lipinski definition) is 1. The lowest BCUT2D eigenvalue weighted by molar-refractivity contribution is -0.134. The van der Waals surface area contributed by atoms with Crippen LogP contribution in [0.4, 0.5) is 4.79 Å². The smallest absolute Gasteiger partial charge is 0.325 e. The molecule has 2 aliphatic heterocycles. The van der Waals surface area contributed by atoms with Crippen molar-refractivity contribution in [3.05, 3.63) is 35.9 Å². The number of rotatable bonds is 5. The molecular weight excluding hydrogens is 370 g/mol. The topological polar surface area (TPSA) is 86.8 Å². The summed E-state index contributed by atoms with van der Waals surface area (Å²) in [5.74, 6) is -0.169. The minimum absolute atomic E-state index is 0.0605. The predicted molar refractivity (Wildman–Crippen MR) is 106 cm³/mol. The van der Waals surface area contributed by atoms with Gasteiger partial charge in [0.1, 0.15) is 5.54 Å². The van der Waals surface area contributed by atoms with E-state index in [4.69, 9.17) is 0 Å². The SMILES string of the molecule is O=C(c1ccccc1)C1CCN(C(=O)CCN2C(=O)NC3(CCCC3)C2=O)CC1. The van der Waals surface area contributed by atoms with Crippen LogP contribution < -0.4 is 5.32 Å². The molecule has 3 aliphatic rings. The number of benzene rings is 1. The zero-order valence-electron chi connectivity index (χ0n) is 16.6. The van der Waals surface area contributed by atoms with Crippen LogP contribution in [0.15, 0.2) is 30.3 Å². The van der Waals surface area contributed by atoms with Gasteiger partial charge in [0.2, 0.25) is 5.91 Å². The standard InChI is InChI=1S/C22H27N3O4/c26-18(10-15-25-20(28)22(23-21(25)29)11-4-5-12-22)24-13-8-17(9-14-24)19(27)16-6-2-1-3-7-16/h1-3,6-7,17H,4-5,8-15H2,(H,23,29). The highest BCUT2D eigenvalue weighted by Gasteiger charge is 2.52. The average molecular weight is 397 g/mol. The van der Waals surface area contributed by atoms with Gasteiger partial charge in [0.15, 0.2) is 5.78 Å². The Balaban J connectivity index is 1.27. The van der Waals surface area contributed by atoms with Gasteiger partial charge in [0.05, 0.1) is 0 Å². The second-order valence-electron chi connectivity index (χ2n) is 8.31. The van der Waals surface area contributed by atoms with E-state index in [0.29, 0.717) is 38.8 Å². The highest BCUT2D eigenvalue weighted by molar-refractivity contribution is 6.07. The number of ketones is 1. The first-order valence-electron chi connectivity index (χ1n) is 10.5. The average Bonchev–Trinajstić information content (AvgIpc) is 3.31. The number of Topliss-reactive ketones (excluding diaryl/α,β-unsaturated/α-hetero) is 1. The van der Waals surface area contributed by atoms with Crippen LogP contribution in [0.1, 0.15) is 55.3 Å². The maximum Gasteiger partial charge on any atom is 0.325 e. The van der Waals surface area contributed by atoms with Crippen LogP contribution in [0.5, 0.6) is 0 Å². The fraction of sp³-hybridized carbons (Fsp3) is 0.545. The van der Waals surface area contributed by atoms with E-state index in [2.05, 4.69) is 5.32 Å².